The van der Waals surface area contributed by atoms with Crippen LogP contribution < -0.4 is 0 Å². The molecule has 2 aromatic rings. The highest BCUT2D eigenvalue weighted by molar-refractivity contribution is 7.80. The number of H-pyrrole nitrogens is 1. The van der Waals surface area contributed by atoms with Crippen molar-refractivity contribution in [3.8, 4) is 0 Å². The van der Waals surface area contributed by atoms with E-state index in [4.69, 9.17) is 9.84 Å². The number of carboxylic acids is 1. The summed E-state index contributed by atoms with van der Waals surface area (Å²) in [6, 6.07) is 4.84. The van der Waals surface area contributed by atoms with Crippen molar-refractivity contribution in [2.45, 2.75) is 24.2 Å². The third-order valence-corrected chi connectivity index (χ3v) is 3.92. The smallest absolute Gasteiger partial charge is 0.335 e. The number of imidazole rings is 1. The molecule has 0 spiro atoms. The molecule has 5 nitrogen and oxygen atoms in total. The number of aromatic nitrogens is 2. The summed E-state index contributed by atoms with van der Waals surface area (Å²) in [6.45, 7) is 0.769. The summed E-state index contributed by atoms with van der Waals surface area (Å²) < 4.78 is 5.60. The predicted octanol–water partition coefficient (Wildman–Crippen LogP) is 2.41. The lowest BCUT2D eigenvalue weighted by molar-refractivity contribution is 0.0697. The molecule has 6 heteroatoms. The zero-order chi connectivity index (χ0) is 13.4. The van der Waals surface area contributed by atoms with Crippen LogP contribution in [0.1, 0.15) is 34.3 Å². The number of benzene rings is 1. The average Bonchev–Trinajstić information content (AvgIpc) is 3.06. The lowest BCUT2D eigenvalue weighted by atomic mass is 10.2. The van der Waals surface area contributed by atoms with Crippen molar-refractivity contribution in [2.24, 2.45) is 0 Å². The van der Waals surface area contributed by atoms with E-state index in [1.54, 1.807) is 18.2 Å². The molecule has 1 saturated heterocycles. The highest BCUT2D eigenvalue weighted by atomic mass is 32.1. The van der Waals surface area contributed by atoms with Crippen LogP contribution in [0.2, 0.25) is 0 Å². The number of nitrogens with one attached hydrogen (secondary N) is 1. The summed E-state index contributed by atoms with van der Waals surface area (Å²) in [4.78, 5) is 18.5. The van der Waals surface area contributed by atoms with Gasteiger partial charge < -0.3 is 14.8 Å². The van der Waals surface area contributed by atoms with Gasteiger partial charge in [-0.05, 0) is 31.0 Å². The van der Waals surface area contributed by atoms with Gasteiger partial charge in [-0.3, -0.25) is 0 Å². The topological polar surface area (TPSA) is 75.2 Å². The van der Waals surface area contributed by atoms with E-state index in [9.17, 15) is 4.79 Å². The Kier molecular flexibility index (Phi) is 3.20. The first-order valence-electron chi connectivity index (χ1n) is 6.18. The van der Waals surface area contributed by atoms with Crippen molar-refractivity contribution in [2.75, 3.05) is 6.61 Å². The van der Waals surface area contributed by atoms with Gasteiger partial charge in [-0.25, -0.2) is 9.78 Å². The Balaban J connectivity index is 1.94. The molecule has 19 heavy (non-hydrogen) atoms. The molecule has 2 heterocycles. The lowest BCUT2D eigenvalue weighted by Gasteiger charge is -2.14. The van der Waals surface area contributed by atoms with Crippen molar-refractivity contribution in [3.05, 3.63) is 29.6 Å². The largest absolute Gasteiger partial charge is 0.478 e. The fraction of sp³-hybridized carbons (Fsp3) is 0.385. The number of aromatic carboxylic acids is 1. The molecular weight excluding hydrogens is 264 g/mol. The molecule has 1 fully saturated rings. The summed E-state index contributed by atoms with van der Waals surface area (Å²) in [5.74, 6) is -0.215. The second-order valence-corrected chi connectivity index (χ2v) is 5.21. The van der Waals surface area contributed by atoms with Crippen LogP contribution in [-0.4, -0.2) is 33.8 Å². The van der Waals surface area contributed by atoms with Gasteiger partial charge >= 0.3 is 5.97 Å². The first-order chi connectivity index (χ1) is 9.15. The third-order valence-electron chi connectivity index (χ3n) is 3.34. The van der Waals surface area contributed by atoms with E-state index in [-0.39, 0.29) is 16.9 Å². The summed E-state index contributed by atoms with van der Waals surface area (Å²) in [5.41, 5.74) is 1.71. The lowest BCUT2D eigenvalue weighted by Crippen LogP contribution is -2.13. The molecule has 1 aliphatic heterocycles. The number of nitrogens with zero attached hydrogens (tertiary/aromatic N) is 1. The summed E-state index contributed by atoms with van der Waals surface area (Å²) in [5, 5.41) is 8.86. The van der Waals surface area contributed by atoms with Crippen LogP contribution in [0.15, 0.2) is 18.2 Å². The van der Waals surface area contributed by atoms with Gasteiger partial charge in [0.2, 0.25) is 0 Å². The third kappa shape index (κ3) is 2.33. The number of ether oxygens (including phenoxy) is 1. The van der Waals surface area contributed by atoms with Crippen LogP contribution in [0.3, 0.4) is 0 Å². The minimum atomic E-state index is -0.945. The fourth-order valence-electron chi connectivity index (χ4n) is 2.33. The van der Waals surface area contributed by atoms with Crippen molar-refractivity contribution < 1.29 is 14.6 Å². The average molecular weight is 278 g/mol. The highest BCUT2D eigenvalue weighted by Gasteiger charge is 2.26. The van der Waals surface area contributed by atoms with Crippen molar-refractivity contribution >= 4 is 29.6 Å². The van der Waals surface area contributed by atoms with E-state index in [1.807, 2.05) is 0 Å². The Hall–Kier alpha value is -1.53. The maximum absolute atomic E-state index is 10.9. The molecule has 2 N–H and O–H groups in total. The van der Waals surface area contributed by atoms with Crippen LogP contribution in [0, 0.1) is 0 Å². The molecule has 0 unspecified atom stereocenters. The Morgan fingerprint density at radius 2 is 2.42 bits per heavy atom. The fourth-order valence-corrected chi connectivity index (χ4v) is 2.69. The Morgan fingerprint density at radius 1 is 1.58 bits per heavy atom. The molecule has 0 saturated carbocycles. The molecule has 2 atom stereocenters. The van der Waals surface area contributed by atoms with E-state index in [0.717, 1.165) is 30.8 Å². The molecule has 0 radical (unpaired) electrons. The molecule has 1 aromatic carbocycles. The number of carboxylic acid groups (broad SMARTS) is 1. The standard InChI is InChI=1S/C13H14N2O3S/c16-13(17)7-3-4-8-9(6-7)15-12(14-8)11(19)10-2-1-5-18-10/h3-4,6,10-11,19H,1-2,5H2,(H,14,15)(H,16,17)/t10-,11+/m0/s1. The number of hydrogen-bond donors (Lipinski definition) is 3. The Bertz CT molecular complexity index is 619. The molecule has 0 aliphatic carbocycles. The van der Waals surface area contributed by atoms with E-state index in [1.165, 1.54) is 0 Å². The summed E-state index contributed by atoms with van der Waals surface area (Å²) in [6.07, 6.45) is 2.10. The zero-order valence-electron chi connectivity index (χ0n) is 10.2. The van der Waals surface area contributed by atoms with Gasteiger partial charge in [0.1, 0.15) is 5.82 Å². The van der Waals surface area contributed by atoms with Gasteiger partial charge in [-0.1, -0.05) is 0 Å². The molecule has 100 valence electrons. The number of rotatable bonds is 3. The SMILES string of the molecule is O=C(O)c1ccc2nc([C@H](S)[C@@H]3CCCO3)[nH]c2c1. The maximum atomic E-state index is 10.9. The number of thiol groups is 1. The number of hydrogen-bond acceptors (Lipinski definition) is 4. The van der Waals surface area contributed by atoms with Crippen LogP contribution in [0.4, 0.5) is 0 Å². The second kappa shape index (κ2) is 4.86. The Labute approximate surface area is 115 Å². The van der Waals surface area contributed by atoms with Gasteiger partial charge in [0.25, 0.3) is 0 Å². The molecule has 1 aromatic heterocycles. The molecule has 0 bridgehead atoms. The van der Waals surface area contributed by atoms with Crippen LogP contribution in [0.25, 0.3) is 11.0 Å². The zero-order valence-corrected chi connectivity index (χ0v) is 11.1. The van der Waals surface area contributed by atoms with E-state index in [2.05, 4.69) is 22.6 Å². The minimum absolute atomic E-state index is 0.0721. The minimum Gasteiger partial charge on any atom is -0.478 e. The normalized spacial score (nSPS) is 20.8. The molecule has 1 aliphatic rings. The molecule has 0 amide bonds. The number of fused-ring (bicyclic) bond motifs is 1. The van der Waals surface area contributed by atoms with Crippen LogP contribution >= 0.6 is 12.6 Å². The monoisotopic (exact) mass is 278 g/mol. The van der Waals surface area contributed by atoms with Gasteiger partial charge in [-0.15, -0.1) is 0 Å². The maximum Gasteiger partial charge on any atom is 0.335 e. The van der Waals surface area contributed by atoms with Crippen LogP contribution in [-0.2, 0) is 4.74 Å². The number of aromatic amines is 1. The van der Waals surface area contributed by atoms with E-state index < -0.39 is 5.97 Å². The van der Waals surface area contributed by atoms with Crippen LogP contribution in [0.5, 0.6) is 0 Å². The van der Waals surface area contributed by atoms with Crippen molar-refractivity contribution in [1.29, 1.82) is 0 Å². The first-order valence-corrected chi connectivity index (χ1v) is 6.69. The highest BCUT2D eigenvalue weighted by Crippen LogP contribution is 2.31. The summed E-state index contributed by atoms with van der Waals surface area (Å²) >= 11 is 4.56. The molecule has 3 rings (SSSR count). The summed E-state index contributed by atoms with van der Waals surface area (Å²) in [7, 11) is 0. The first kappa shape index (κ1) is 12.5. The quantitative estimate of drug-likeness (QED) is 0.754. The Morgan fingerprint density at radius 3 is 3.11 bits per heavy atom. The van der Waals surface area contributed by atoms with E-state index >= 15 is 0 Å². The predicted molar refractivity (Wildman–Crippen MR) is 73.8 cm³/mol. The van der Waals surface area contributed by atoms with Gasteiger partial charge in [0.05, 0.1) is 28.0 Å². The van der Waals surface area contributed by atoms with Gasteiger partial charge in [0.15, 0.2) is 0 Å². The van der Waals surface area contributed by atoms with Crippen molar-refractivity contribution in [3.63, 3.8) is 0 Å². The van der Waals surface area contributed by atoms with Gasteiger partial charge in [0, 0.05) is 6.61 Å². The van der Waals surface area contributed by atoms with Crippen molar-refractivity contribution in [1.82, 2.24) is 9.97 Å². The van der Waals surface area contributed by atoms with Gasteiger partial charge in [-0.2, -0.15) is 12.6 Å². The molecular formula is C13H14N2O3S. The van der Waals surface area contributed by atoms with E-state index in [0.29, 0.717) is 5.52 Å². The second-order valence-electron chi connectivity index (χ2n) is 4.66. The number of carbonyl (C=O) groups is 1.